The number of rotatable bonds is 4. The molecule has 0 aromatic rings. The van der Waals surface area contributed by atoms with Crippen molar-refractivity contribution in [1.82, 2.24) is 15.5 Å². The maximum absolute atomic E-state index is 12.1. The minimum absolute atomic E-state index is 0.158. The molecular weight excluding hydrogens is 230 g/mol. The second-order valence-electron chi connectivity index (χ2n) is 5.37. The van der Waals surface area contributed by atoms with Gasteiger partial charge in [-0.2, -0.15) is 0 Å². The molecule has 104 valence electrons. The maximum atomic E-state index is 12.1. The number of morpholine rings is 1. The van der Waals surface area contributed by atoms with Crippen LogP contribution in [0.1, 0.15) is 19.8 Å². The monoisotopic (exact) mass is 255 g/mol. The van der Waals surface area contributed by atoms with Gasteiger partial charge in [-0.15, -0.1) is 0 Å². The van der Waals surface area contributed by atoms with Crippen molar-refractivity contribution in [1.29, 1.82) is 0 Å². The molecule has 2 atom stereocenters. The van der Waals surface area contributed by atoms with Gasteiger partial charge in [0.1, 0.15) is 0 Å². The van der Waals surface area contributed by atoms with E-state index in [1.807, 2.05) is 0 Å². The van der Waals surface area contributed by atoms with Crippen LogP contribution in [-0.2, 0) is 9.53 Å². The lowest BCUT2D eigenvalue weighted by Crippen LogP contribution is -2.49. The van der Waals surface area contributed by atoms with Crippen LogP contribution in [0.4, 0.5) is 0 Å². The second-order valence-corrected chi connectivity index (χ2v) is 5.37. The highest BCUT2D eigenvalue weighted by Crippen LogP contribution is 2.10. The zero-order chi connectivity index (χ0) is 12.8. The average Bonchev–Trinajstić information content (AvgIpc) is 2.40. The molecular formula is C13H25N3O2. The molecule has 0 bridgehead atoms. The minimum Gasteiger partial charge on any atom is -0.379 e. The number of nitrogens with one attached hydrogen (secondary N) is 2. The predicted octanol–water partition coefficient (Wildman–Crippen LogP) is -0.177. The maximum Gasteiger partial charge on any atom is 0.224 e. The summed E-state index contributed by atoms with van der Waals surface area (Å²) in [6, 6.07) is 0.220. The van der Waals surface area contributed by atoms with Gasteiger partial charge in [-0.1, -0.05) is 0 Å². The highest BCUT2D eigenvalue weighted by atomic mass is 16.5. The quantitative estimate of drug-likeness (QED) is 0.732. The van der Waals surface area contributed by atoms with E-state index in [-0.39, 0.29) is 17.9 Å². The smallest absolute Gasteiger partial charge is 0.224 e. The number of hydrogen-bond donors (Lipinski definition) is 2. The third kappa shape index (κ3) is 4.23. The van der Waals surface area contributed by atoms with Crippen molar-refractivity contribution in [2.45, 2.75) is 25.8 Å². The summed E-state index contributed by atoms with van der Waals surface area (Å²) >= 11 is 0. The molecule has 5 heteroatoms. The van der Waals surface area contributed by atoms with E-state index in [0.29, 0.717) is 0 Å². The Labute approximate surface area is 109 Å². The van der Waals surface area contributed by atoms with Gasteiger partial charge < -0.3 is 15.4 Å². The van der Waals surface area contributed by atoms with Crippen molar-refractivity contribution < 1.29 is 9.53 Å². The molecule has 0 radical (unpaired) electrons. The van der Waals surface area contributed by atoms with Crippen LogP contribution >= 0.6 is 0 Å². The second kappa shape index (κ2) is 7.07. The zero-order valence-corrected chi connectivity index (χ0v) is 11.3. The zero-order valence-electron chi connectivity index (χ0n) is 11.3. The Balaban J connectivity index is 1.68. The van der Waals surface area contributed by atoms with E-state index in [1.165, 1.54) is 0 Å². The molecule has 2 fully saturated rings. The molecule has 0 saturated carbocycles. The number of carbonyl (C=O) groups is 1. The normalized spacial score (nSPS) is 27.7. The summed E-state index contributed by atoms with van der Waals surface area (Å²) in [5.74, 6) is 0.369. The molecule has 2 aliphatic rings. The summed E-state index contributed by atoms with van der Waals surface area (Å²) < 4.78 is 5.32. The van der Waals surface area contributed by atoms with Crippen LogP contribution in [0.2, 0.25) is 0 Å². The Morgan fingerprint density at radius 2 is 2.28 bits per heavy atom. The van der Waals surface area contributed by atoms with Crippen molar-refractivity contribution in [2.24, 2.45) is 5.92 Å². The lowest BCUT2D eigenvalue weighted by atomic mass is 9.98. The van der Waals surface area contributed by atoms with Crippen LogP contribution in [0.3, 0.4) is 0 Å². The van der Waals surface area contributed by atoms with Gasteiger partial charge >= 0.3 is 0 Å². The fraction of sp³-hybridized carbons (Fsp3) is 0.923. The van der Waals surface area contributed by atoms with E-state index in [1.54, 1.807) is 0 Å². The number of piperidine rings is 1. The molecule has 2 aliphatic heterocycles. The average molecular weight is 255 g/mol. The van der Waals surface area contributed by atoms with Crippen molar-refractivity contribution in [2.75, 3.05) is 45.9 Å². The largest absolute Gasteiger partial charge is 0.379 e. The van der Waals surface area contributed by atoms with Crippen LogP contribution in [-0.4, -0.2) is 62.8 Å². The first kappa shape index (κ1) is 13.8. The van der Waals surface area contributed by atoms with Crippen molar-refractivity contribution in [3.63, 3.8) is 0 Å². The highest BCUT2D eigenvalue weighted by Gasteiger charge is 2.22. The Hall–Kier alpha value is -0.650. The van der Waals surface area contributed by atoms with Crippen LogP contribution in [0, 0.1) is 5.92 Å². The van der Waals surface area contributed by atoms with Gasteiger partial charge in [0, 0.05) is 32.2 Å². The van der Waals surface area contributed by atoms with Gasteiger partial charge in [0.05, 0.1) is 19.1 Å². The number of hydrogen-bond acceptors (Lipinski definition) is 4. The fourth-order valence-corrected chi connectivity index (χ4v) is 2.65. The van der Waals surface area contributed by atoms with E-state index in [0.717, 1.165) is 58.8 Å². The summed E-state index contributed by atoms with van der Waals surface area (Å²) in [7, 11) is 0. The molecule has 2 heterocycles. The molecule has 1 unspecified atom stereocenters. The Morgan fingerprint density at radius 3 is 2.94 bits per heavy atom. The number of amides is 1. The Bertz CT molecular complexity index is 261. The SMILES string of the molecule is CC(CN1CCOCC1)NC(=O)[C@H]1CCCNC1. The molecule has 0 aliphatic carbocycles. The van der Waals surface area contributed by atoms with Crippen LogP contribution in [0.15, 0.2) is 0 Å². The lowest BCUT2D eigenvalue weighted by molar-refractivity contribution is -0.126. The summed E-state index contributed by atoms with van der Waals surface area (Å²) in [6.45, 7) is 8.47. The van der Waals surface area contributed by atoms with Crippen LogP contribution in [0.25, 0.3) is 0 Å². The Kier molecular flexibility index (Phi) is 5.41. The van der Waals surface area contributed by atoms with Crippen molar-refractivity contribution >= 4 is 5.91 Å². The molecule has 0 aromatic carbocycles. The summed E-state index contributed by atoms with van der Waals surface area (Å²) in [5, 5.41) is 6.42. The van der Waals surface area contributed by atoms with E-state index < -0.39 is 0 Å². The molecule has 1 amide bonds. The van der Waals surface area contributed by atoms with Gasteiger partial charge in [0.2, 0.25) is 5.91 Å². The fourth-order valence-electron chi connectivity index (χ4n) is 2.65. The molecule has 2 N–H and O–H groups in total. The van der Waals surface area contributed by atoms with Gasteiger partial charge in [0.15, 0.2) is 0 Å². The minimum atomic E-state index is 0.158. The number of nitrogens with zero attached hydrogens (tertiary/aromatic N) is 1. The van der Waals surface area contributed by atoms with Gasteiger partial charge in [0.25, 0.3) is 0 Å². The molecule has 2 saturated heterocycles. The molecule has 2 rings (SSSR count). The first-order valence-electron chi connectivity index (χ1n) is 7.07. The Morgan fingerprint density at radius 1 is 1.50 bits per heavy atom. The third-order valence-electron chi connectivity index (χ3n) is 3.69. The van der Waals surface area contributed by atoms with E-state index in [9.17, 15) is 4.79 Å². The summed E-state index contributed by atoms with van der Waals surface area (Å²) in [5.41, 5.74) is 0. The van der Waals surface area contributed by atoms with Gasteiger partial charge in [-0.05, 0) is 26.3 Å². The van der Waals surface area contributed by atoms with Crippen LogP contribution in [0.5, 0.6) is 0 Å². The molecule has 0 aromatic heterocycles. The van der Waals surface area contributed by atoms with E-state index in [4.69, 9.17) is 4.74 Å². The number of carbonyl (C=O) groups excluding carboxylic acids is 1. The van der Waals surface area contributed by atoms with Crippen LogP contribution < -0.4 is 10.6 Å². The first-order chi connectivity index (χ1) is 8.75. The van der Waals surface area contributed by atoms with E-state index in [2.05, 4.69) is 22.5 Å². The lowest BCUT2D eigenvalue weighted by Gasteiger charge is -2.30. The van der Waals surface area contributed by atoms with Gasteiger partial charge in [-0.25, -0.2) is 0 Å². The van der Waals surface area contributed by atoms with Crippen molar-refractivity contribution in [3.8, 4) is 0 Å². The van der Waals surface area contributed by atoms with Gasteiger partial charge in [-0.3, -0.25) is 9.69 Å². The first-order valence-corrected chi connectivity index (χ1v) is 7.07. The number of ether oxygens (including phenoxy) is 1. The molecule has 5 nitrogen and oxygen atoms in total. The third-order valence-corrected chi connectivity index (χ3v) is 3.69. The summed E-state index contributed by atoms with van der Waals surface area (Å²) in [6.07, 6.45) is 2.12. The summed E-state index contributed by atoms with van der Waals surface area (Å²) in [4.78, 5) is 14.4. The van der Waals surface area contributed by atoms with Crippen molar-refractivity contribution in [3.05, 3.63) is 0 Å². The predicted molar refractivity (Wildman–Crippen MR) is 70.5 cm³/mol. The highest BCUT2D eigenvalue weighted by molar-refractivity contribution is 5.79. The molecule has 18 heavy (non-hydrogen) atoms. The topological polar surface area (TPSA) is 53.6 Å². The molecule has 0 spiro atoms. The standard InChI is InChI=1S/C13H25N3O2/c1-11(10-16-5-7-18-8-6-16)15-13(17)12-3-2-4-14-9-12/h11-12,14H,2-10H2,1H3,(H,15,17)/t11?,12-/m0/s1. The van der Waals surface area contributed by atoms with E-state index >= 15 is 0 Å².